The van der Waals surface area contributed by atoms with Gasteiger partial charge in [0.2, 0.25) is 5.13 Å². The molecular weight excluding hydrogens is 446 g/mol. The highest BCUT2D eigenvalue weighted by molar-refractivity contribution is 8.01. The summed E-state index contributed by atoms with van der Waals surface area (Å²) in [6.07, 6.45) is 1.78. The number of ketones is 1. The molecule has 2 aliphatic rings. The molecule has 1 aromatic heterocycles. The number of benzene rings is 1. The number of para-hydroxylation sites is 1. The first-order chi connectivity index (χ1) is 15.5. The van der Waals surface area contributed by atoms with Crippen LogP contribution in [-0.4, -0.2) is 36.0 Å². The summed E-state index contributed by atoms with van der Waals surface area (Å²) < 4.78 is 11.9. The largest absolute Gasteiger partial charge is 0.493 e. The van der Waals surface area contributed by atoms with Gasteiger partial charge in [-0.1, -0.05) is 42.2 Å². The molecule has 166 valence electrons. The van der Waals surface area contributed by atoms with Crippen LogP contribution in [0.5, 0.6) is 11.5 Å². The van der Waals surface area contributed by atoms with Crippen LogP contribution in [0.1, 0.15) is 37.7 Å². The Morgan fingerprint density at radius 1 is 1.31 bits per heavy atom. The maximum atomic E-state index is 13.3. The van der Waals surface area contributed by atoms with E-state index in [1.165, 1.54) is 11.3 Å². The lowest BCUT2D eigenvalue weighted by Gasteiger charge is -2.38. The van der Waals surface area contributed by atoms with Crippen molar-refractivity contribution in [2.75, 3.05) is 24.9 Å². The van der Waals surface area contributed by atoms with Gasteiger partial charge in [0.25, 0.3) is 0 Å². The molecule has 1 aliphatic heterocycles. The number of thioether (sulfide) groups is 1. The van der Waals surface area contributed by atoms with Crippen molar-refractivity contribution >= 4 is 34.0 Å². The second-order valence-electron chi connectivity index (χ2n) is 7.18. The lowest BCUT2D eigenvalue weighted by molar-refractivity contribution is -0.116. The zero-order valence-electron chi connectivity index (χ0n) is 18.0. The fourth-order valence-electron chi connectivity index (χ4n) is 4.23. The van der Waals surface area contributed by atoms with E-state index < -0.39 is 5.92 Å². The molecule has 4 rings (SSSR count). The molecule has 2 heterocycles. The molecule has 2 N–H and O–H groups in total. The lowest BCUT2D eigenvalue weighted by Crippen LogP contribution is -2.38. The second kappa shape index (κ2) is 9.22. The Labute approximate surface area is 194 Å². The van der Waals surface area contributed by atoms with Gasteiger partial charge in [0.1, 0.15) is 5.82 Å². The van der Waals surface area contributed by atoms with Crippen LogP contribution in [0.25, 0.3) is 0 Å². The number of hydrogen-bond acceptors (Lipinski definition) is 10. The minimum atomic E-state index is -0.637. The second-order valence-corrected chi connectivity index (χ2v) is 9.65. The van der Waals surface area contributed by atoms with Crippen LogP contribution < -0.4 is 20.1 Å². The third kappa shape index (κ3) is 3.61. The molecule has 0 saturated carbocycles. The molecule has 0 fully saturated rings. The molecular formula is C22H23N5O3S2. The number of methoxy groups -OCH3 is 2. The number of ether oxygens (including phenoxy) is 2. The van der Waals surface area contributed by atoms with Crippen molar-refractivity contribution in [3.05, 3.63) is 46.4 Å². The van der Waals surface area contributed by atoms with E-state index in [9.17, 15) is 10.1 Å². The molecule has 1 unspecified atom stereocenters. The predicted octanol–water partition coefficient (Wildman–Crippen LogP) is 3.97. The van der Waals surface area contributed by atoms with Gasteiger partial charge >= 0.3 is 0 Å². The lowest BCUT2D eigenvalue weighted by atomic mass is 9.75. The van der Waals surface area contributed by atoms with Gasteiger partial charge in [0, 0.05) is 23.3 Å². The number of carbonyl (C=O) groups is 1. The van der Waals surface area contributed by atoms with E-state index >= 15 is 0 Å². The van der Waals surface area contributed by atoms with E-state index in [1.807, 2.05) is 19.1 Å². The van der Waals surface area contributed by atoms with Crippen LogP contribution in [0.15, 0.2) is 45.2 Å². The van der Waals surface area contributed by atoms with Crippen molar-refractivity contribution in [1.29, 1.82) is 5.26 Å². The summed E-state index contributed by atoms with van der Waals surface area (Å²) in [5, 5.41) is 19.3. The molecule has 1 aliphatic carbocycles. The SMILES string of the molecule is CCSc1nnc(N2C(N)=C(C#N)C(c3cccc(OC)c3OC)C3=C2CCCC3=O)s1. The van der Waals surface area contributed by atoms with E-state index in [2.05, 4.69) is 16.3 Å². The summed E-state index contributed by atoms with van der Waals surface area (Å²) in [5.41, 5.74) is 8.88. The molecule has 32 heavy (non-hydrogen) atoms. The van der Waals surface area contributed by atoms with Gasteiger partial charge in [0.05, 0.1) is 31.8 Å². The predicted molar refractivity (Wildman–Crippen MR) is 124 cm³/mol. The number of anilines is 1. The zero-order valence-corrected chi connectivity index (χ0v) is 19.7. The summed E-state index contributed by atoms with van der Waals surface area (Å²) in [5.74, 6) is 1.50. The molecule has 0 saturated heterocycles. The third-order valence-electron chi connectivity index (χ3n) is 5.51. The monoisotopic (exact) mass is 469 g/mol. The van der Waals surface area contributed by atoms with Gasteiger partial charge in [-0.05, 0) is 24.7 Å². The number of hydrogen-bond donors (Lipinski definition) is 1. The molecule has 8 nitrogen and oxygen atoms in total. The molecule has 2 aromatic rings. The summed E-state index contributed by atoms with van der Waals surface area (Å²) in [4.78, 5) is 15.0. The number of nitriles is 1. The third-order valence-corrected chi connectivity index (χ3v) is 7.44. The number of nitrogens with zero attached hydrogens (tertiary/aromatic N) is 4. The van der Waals surface area contributed by atoms with Gasteiger partial charge in [0.15, 0.2) is 21.6 Å². The topological polar surface area (TPSA) is 114 Å². The van der Waals surface area contributed by atoms with Crippen LogP contribution in [0, 0.1) is 11.3 Å². The molecule has 0 radical (unpaired) electrons. The highest BCUT2D eigenvalue weighted by Crippen LogP contribution is 2.50. The molecule has 10 heteroatoms. The Morgan fingerprint density at radius 3 is 2.81 bits per heavy atom. The standard InChI is InChI=1S/C22H23N5O3S2/c1-4-31-22-26-25-21(32-22)27-14-8-6-9-15(28)18(14)17(13(11-23)20(27)24)12-7-5-10-16(29-2)19(12)30-3/h5,7,10,17H,4,6,8-9,24H2,1-3H3. The number of aromatic nitrogens is 2. The van der Waals surface area contributed by atoms with Crippen LogP contribution in [0.3, 0.4) is 0 Å². The van der Waals surface area contributed by atoms with Gasteiger partial charge in [-0.15, -0.1) is 10.2 Å². The molecule has 0 spiro atoms. The fourth-order valence-corrected chi connectivity index (χ4v) is 6.01. The first-order valence-corrected chi connectivity index (χ1v) is 12.0. The summed E-state index contributed by atoms with van der Waals surface area (Å²) in [6, 6.07) is 7.71. The Balaban J connectivity index is 1.95. The van der Waals surface area contributed by atoms with Crippen molar-refractivity contribution in [3.63, 3.8) is 0 Å². The van der Waals surface area contributed by atoms with Gasteiger partial charge in [-0.3, -0.25) is 9.69 Å². The van der Waals surface area contributed by atoms with Crippen LogP contribution in [-0.2, 0) is 4.79 Å². The Bertz CT molecular complexity index is 1160. The number of Topliss-reactive ketones (excluding diaryl/α,β-unsaturated/α-hetero) is 1. The highest BCUT2D eigenvalue weighted by atomic mass is 32.2. The normalized spacial score (nSPS) is 18.5. The number of carbonyl (C=O) groups excluding carboxylic acids is 1. The average Bonchev–Trinajstić information content (AvgIpc) is 3.26. The van der Waals surface area contributed by atoms with E-state index in [4.69, 9.17) is 15.2 Å². The Kier molecular flexibility index (Phi) is 6.39. The van der Waals surface area contributed by atoms with Gasteiger partial charge in [-0.25, -0.2) is 0 Å². The minimum Gasteiger partial charge on any atom is -0.493 e. The summed E-state index contributed by atoms with van der Waals surface area (Å²) in [7, 11) is 3.10. The van der Waals surface area contributed by atoms with Crippen molar-refractivity contribution in [3.8, 4) is 17.6 Å². The van der Waals surface area contributed by atoms with Crippen molar-refractivity contribution in [2.24, 2.45) is 5.73 Å². The van der Waals surface area contributed by atoms with Gasteiger partial charge in [-0.2, -0.15) is 5.26 Å². The number of rotatable bonds is 6. The molecule has 1 atom stereocenters. The minimum absolute atomic E-state index is 0.000884. The average molecular weight is 470 g/mol. The van der Waals surface area contributed by atoms with Crippen LogP contribution >= 0.6 is 23.1 Å². The molecule has 0 amide bonds. The Hall–Kier alpha value is -3.03. The van der Waals surface area contributed by atoms with Crippen molar-refractivity contribution in [1.82, 2.24) is 10.2 Å². The zero-order chi connectivity index (χ0) is 22.8. The first kappa shape index (κ1) is 22.2. The fraction of sp³-hybridized carbons (Fsp3) is 0.364. The highest BCUT2D eigenvalue weighted by Gasteiger charge is 2.42. The van der Waals surface area contributed by atoms with E-state index in [1.54, 1.807) is 36.9 Å². The smallest absolute Gasteiger partial charge is 0.219 e. The molecule has 0 bridgehead atoms. The number of allylic oxidation sites excluding steroid dienone is 3. The van der Waals surface area contributed by atoms with Crippen molar-refractivity contribution < 1.29 is 14.3 Å². The quantitative estimate of drug-likeness (QED) is 0.627. The van der Waals surface area contributed by atoms with E-state index in [0.717, 1.165) is 15.8 Å². The first-order valence-electron chi connectivity index (χ1n) is 10.2. The Morgan fingerprint density at radius 2 is 2.12 bits per heavy atom. The van der Waals surface area contributed by atoms with Crippen LogP contribution in [0.4, 0.5) is 5.13 Å². The molecule has 1 aromatic carbocycles. The van der Waals surface area contributed by atoms with E-state index in [-0.39, 0.29) is 17.2 Å². The number of nitrogens with two attached hydrogens (primary N) is 1. The van der Waals surface area contributed by atoms with E-state index in [0.29, 0.717) is 47.0 Å². The maximum Gasteiger partial charge on any atom is 0.219 e. The maximum absolute atomic E-state index is 13.3. The van der Waals surface area contributed by atoms with Gasteiger partial charge < -0.3 is 15.2 Å². The van der Waals surface area contributed by atoms with Crippen molar-refractivity contribution in [2.45, 2.75) is 36.4 Å². The summed E-state index contributed by atoms with van der Waals surface area (Å²) >= 11 is 2.99. The summed E-state index contributed by atoms with van der Waals surface area (Å²) in [6.45, 7) is 2.04. The van der Waals surface area contributed by atoms with Crippen LogP contribution in [0.2, 0.25) is 0 Å².